The Kier molecular flexibility index (Phi) is 4.15. The molecule has 130 valence electrons. The monoisotopic (exact) mass is 336 g/mol. The van der Waals surface area contributed by atoms with Crippen molar-refractivity contribution in [3.63, 3.8) is 0 Å². The molecule has 0 bridgehead atoms. The van der Waals surface area contributed by atoms with Gasteiger partial charge < -0.3 is 25.4 Å². The van der Waals surface area contributed by atoms with Crippen LogP contribution in [0.1, 0.15) is 21.0 Å². The number of ether oxygens (including phenoxy) is 2. The molecule has 3 heterocycles. The van der Waals surface area contributed by atoms with E-state index in [-0.39, 0.29) is 19.8 Å². The average molecular weight is 336 g/mol. The van der Waals surface area contributed by atoms with Gasteiger partial charge in [0.25, 0.3) is 0 Å². The van der Waals surface area contributed by atoms with Crippen LogP contribution in [0, 0.1) is 11.3 Å². The molecule has 2 aromatic heterocycles. The molecule has 0 spiro atoms. The number of nitrogens with zero attached hydrogens (tertiary/aromatic N) is 4. The SMILES string of the molecule is CC(C)OC[C@H]1O[C@@](C#N)(c2cnc3c(N)ccnn23)[C@H](O)[C@@H]1O.[2HH]. The Balaban J connectivity index is 0.00000225. The number of imidazole rings is 1. The summed E-state index contributed by atoms with van der Waals surface area (Å²) < 4.78 is 12.5. The topological polar surface area (TPSA) is 139 Å². The van der Waals surface area contributed by atoms with Gasteiger partial charge in [0.15, 0.2) is 5.65 Å². The molecule has 4 atom stereocenters. The van der Waals surface area contributed by atoms with E-state index in [0.717, 1.165) is 0 Å². The van der Waals surface area contributed by atoms with Crippen LogP contribution in [0.2, 0.25) is 0 Å². The molecule has 1 aliphatic rings. The second kappa shape index (κ2) is 5.99. The number of anilines is 1. The van der Waals surface area contributed by atoms with E-state index in [2.05, 4.69) is 10.1 Å². The van der Waals surface area contributed by atoms with Crippen molar-refractivity contribution in [2.24, 2.45) is 0 Å². The van der Waals surface area contributed by atoms with Gasteiger partial charge in [0, 0.05) is 1.43 Å². The molecular formula is C15H21N5O4. The molecule has 4 N–H and O–H groups in total. The molecule has 1 fully saturated rings. The summed E-state index contributed by atoms with van der Waals surface area (Å²) in [6.45, 7) is 3.73. The fourth-order valence-electron chi connectivity index (χ4n) is 2.77. The third-order valence-electron chi connectivity index (χ3n) is 4.03. The smallest absolute Gasteiger partial charge is 0.227 e. The highest BCUT2D eigenvalue weighted by molar-refractivity contribution is 5.64. The van der Waals surface area contributed by atoms with Crippen LogP contribution in [0.15, 0.2) is 18.5 Å². The number of hydrogen-bond donors (Lipinski definition) is 3. The molecule has 0 radical (unpaired) electrons. The van der Waals surface area contributed by atoms with Crippen LogP contribution in [-0.4, -0.2) is 55.8 Å². The van der Waals surface area contributed by atoms with Gasteiger partial charge in [-0.2, -0.15) is 10.4 Å². The summed E-state index contributed by atoms with van der Waals surface area (Å²) in [7, 11) is 0. The second-order valence-corrected chi connectivity index (χ2v) is 5.99. The third-order valence-corrected chi connectivity index (χ3v) is 4.03. The van der Waals surface area contributed by atoms with E-state index in [9.17, 15) is 15.5 Å². The molecular weight excluding hydrogens is 314 g/mol. The van der Waals surface area contributed by atoms with Crippen LogP contribution in [0.4, 0.5) is 5.69 Å². The van der Waals surface area contributed by atoms with E-state index in [1.165, 1.54) is 16.9 Å². The Morgan fingerprint density at radius 1 is 1.58 bits per heavy atom. The van der Waals surface area contributed by atoms with E-state index >= 15 is 0 Å². The first-order valence-electron chi connectivity index (χ1n) is 7.56. The first-order chi connectivity index (χ1) is 11.4. The Morgan fingerprint density at radius 3 is 3.00 bits per heavy atom. The zero-order chi connectivity index (χ0) is 17.5. The van der Waals surface area contributed by atoms with Crippen molar-refractivity contribution in [1.82, 2.24) is 14.6 Å². The fourth-order valence-corrected chi connectivity index (χ4v) is 2.77. The van der Waals surface area contributed by atoms with Gasteiger partial charge in [0.2, 0.25) is 5.60 Å². The number of hydrogen-bond acceptors (Lipinski definition) is 8. The van der Waals surface area contributed by atoms with Gasteiger partial charge in [0.05, 0.1) is 30.8 Å². The largest absolute Gasteiger partial charge is 0.396 e. The quantitative estimate of drug-likeness (QED) is 0.699. The standard InChI is InChI=1S/C15H19N5O4.H2/c1-8(2)23-6-10-12(21)13(22)15(7-16,24-10)11-5-18-14-9(17)3-4-19-20(11)14;/h3-5,8,10,12-13,21-22H,6,17H2,1-2H3;1H/t10-,12-,13-,15+;/m1./s1/i;1+1. The first kappa shape index (κ1) is 16.6. The van der Waals surface area contributed by atoms with E-state index in [1.807, 2.05) is 19.9 Å². The fraction of sp³-hybridized carbons (Fsp3) is 0.533. The van der Waals surface area contributed by atoms with Crippen molar-refractivity contribution < 1.29 is 21.1 Å². The molecule has 9 heteroatoms. The van der Waals surface area contributed by atoms with Crippen LogP contribution in [0.5, 0.6) is 0 Å². The summed E-state index contributed by atoms with van der Waals surface area (Å²) in [5.74, 6) is 0. The minimum atomic E-state index is -1.81. The summed E-state index contributed by atoms with van der Waals surface area (Å²) in [5, 5.41) is 34.6. The molecule has 3 rings (SSSR count). The Hall–Kier alpha value is -2.25. The molecule has 2 aromatic rings. The van der Waals surface area contributed by atoms with Crippen molar-refractivity contribution in [2.45, 2.75) is 43.9 Å². The summed E-state index contributed by atoms with van der Waals surface area (Å²) >= 11 is 0. The number of aliphatic hydroxyl groups excluding tert-OH is 2. The van der Waals surface area contributed by atoms with Gasteiger partial charge in [-0.25, -0.2) is 9.50 Å². The number of aliphatic hydroxyl groups is 2. The lowest BCUT2D eigenvalue weighted by atomic mass is 9.93. The lowest BCUT2D eigenvalue weighted by molar-refractivity contribution is -0.0846. The number of fused-ring (bicyclic) bond motifs is 1. The summed E-state index contributed by atoms with van der Waals surface area (Å²) in [4.78, 5) is 4.13. The average Bonchev–Trinajstić information content (AvgIpc) is 3.09. The molecule has 1 saturated heterocycles. The van der Waals surface area contributed by atoms with Crippen molar-refractivity contribution in [3.8, 4) is 6.07 Å². The normalized spacial score (nSPS) is 30.1. The summed E-state index contributed by atoms with van der Waals surface area (Å²) in [6, 6.07) is 3.53. The summed E-state index contributed by atoms with van der Waals surface area (Å²) in [5.41, 5.74) is 4.94. The van der Waals surface area contributed by atoms with Gasteiger partial charge in [-0.15, -0.1) is 0 Å². The highest BCUT2D eigenvalue weighted by Gasteiger charge is 2.57. The summed E-state index contributed by atoms with van der Waals surface area (Å²) in [6.07, 6.45) is -0.874. The predicted molar refractivity (Wildman–Crippen MR) is 84.8 cm³/mol. The van der Waals surface area contributed by atoms with Crippen LogP contribution in [-0.2, 0) is 15.1 Å². The zero-order valence-corrected chi connectivity index (χ0v) is 13.3. The van der Waals surface area contributed by atoms with E-state index in [1.54, 1.807) is 6.07 Å². The number of nitriles is 1. The molecule has 0 amide bonds. The second-order valence-electron chi connectivity index (χ2n) is 5.99. The molecule has 0 aliphatic carbocycles. The third kappa shape index (κ3) is 2.40. The van der Waals surface area contributed by atoms with Gasteiger partial charge in [-0.05, 0) is 19.9 Å². The molecule has 0 unspecified atom stereocenters. The van der Waals surface area contributed by atoms with E-state index in [0.29, 0.717) is 11.3 Å². The maximum absolute atomic E-state index is 10.5. The maximum Gasteiger partial charge on any atom is 0.227 e. The molecule has 9 nitrogen and oxygen atoms in total. The highest BCUT2D eigenvalue weighted by Crippen LogP contribution is 2.40. The van der Waals surface area contributed by atoms with Gasteiger partial charge in [-0.1, -0.05) is 0 Å². The van der Waals surface area contributed by atoms with Crippen LogP contribution in [0.3, 0.4) is 0 Å². The minimum absolute atomic E-state index is 0. The van der Waals surface area contributed by atoms with E-state index in [4.69, 9.17) is 15.2 Å². The predicted octanol–water partition coefficient (Wildman–Crippen LogP) is -0.178. The molecule has 24 heavy (non-hydrogen) atoms. The van der Waals surface area contributed by atoms with Gasteiger partial charge in [0.1, 0.15) is 30.1 Å². The minimum Gasteiger partial charge on any atom is -0.396 e. The van der Waals surface area contributed by atoms with Crippen molar-refractivity contribution in [2.75, 3.05) is 12.3 Å². The number of nitrogens with two attached hydrogens (primary N) is 1. The van der Waals surface area contributed by atoms with Crippen LogP contribution >= 0.6 is 0 Å². The molecule has 0 aromatic carbocycles. The van der Waals surface area contributed by atoms with Crippen molar-refractivity contribution in [3.05, 3.63) is 24.2 Å². The van der Waals surface area contributed by atoms with Gasteiger partial charge >= 0.3 is 0 Å². The molecule has 0 saturated carbocycles. The zero-order valence-electron chi connectivity index (χ0n) is 13.3. The van der Waals surface area contributed by atoms with Crippen molar-refractivity contribution >= 4 is 11.3 Å². The number of aromatic nitrogens is 3. The lowest BCUT2D eigenvalue weighted by Crippen LogP contribution is -2.41. The van der Waals surface area contributed by atoms with Crippen LogP contribution in [0.25, 0.3) is 5.65 Å². The van der Waals surface area contributed by atoms with Crippen LogP contribution < -0.4 is 5.73 Å². The maximum atomic E-state index is 10.5. The highest BCUT2D eigenvalue weighted by atomic mass is 16.6. The molecule has 1 aliphatic heterocycles. The van der Waals surface area contributed by atoms with Crippen molar-refractivity contribution in [1.29, 1.82) is 5.26 Å². The Labute approximate surface area is 139 Å². The number of rotatable bonds is 4. The van der Waals surface area contributed by atoms with E-state index < -0.39 is 23.9 Å². The lowest BCUT2D eigenvalue weighted by Gasteiger charge is -2.23. The van der Waals surface area contributed by atoms with Gasteiger partial charge in [-0.3, -0.25) is 0 Å². The Morgan fingerprint density at radius 2 is 2.33 bits per heavy atom. The first-order valence-corrected chi connectivity index (χ1v) is 7.56. The number of nitrogen functional groups attached to an aromatic ring is 1. The Bertz CT molecular complexity index is 792.